The fraction of sp³-hybridized carbons (Fsp3) is 0.474. The van der Waals surface area contributed by atoms with E-state index in [0.29, 0.717) is 18.8 Å². The molecule has 0 amide bonds. The Morgan fingerprint density at radius 1 is 1.37 bits per heavy atom. The number of imidazole rings is 1. The van der Waals surface area contributed by atoms with Gasteiger partial charge in [0.15, 0.2) is 5.96 Å². The number of halogens is 2. The van der Waals surface area contributed by atoms with Crippen LogP contribution in [-0.4, -0.2) is 47.7 Å². The molecule has 0 radical (unpaired) electrons. The molecular formula is C19H26F2N6. The maximum absolute atomic E-state index is 14.0. The summed E-state index contributed by atoms with van der Waals surface area (Å²) in [7, 11) is 0. The Morgan fingerprint density at radius 2 is 2.26 bits per heavy atom. The number of aromatic nitrogens is 2. The van der Waals surface area contributed by atoms with Gasteiger partial charge < -0.3 is 20.1 Å². The highest BCUT2D eigenvalue weighted by atomic mass is 19.1. The first-order chi connectivity index (χ1) is 13.2. The normalized spacial score (nSPS) is 17.4. The Morgan fingerprint density at radius 3 is 3.00 bits per heavy atom. The van der Waals surface area contributed by atoms with Gasteiger partial charge >= 0.3 is 0 Å². The Balaban J connectivity index is 1.51. The number of nitrogens with zero attached hydrogens (tertiary/aromatic N) is 4. The quantitative estimate of drug-likeness (QED) is 0.443. The van der Waals surface area contributed by atoms with Crippen molar-refractivity contribution in [2.24, 2.45) is 4.99 Å². The number of anilines is 1. The lowest BCUT2D eigenvalue weighted by Crippen LogP contribution is -2.44. The predicted molar refractivity (Wildman–Crippen MR) is 103 cm³/mol. The van der Waals surface area contributed by atoms with Crippen LogP contribution >= 0.6 is 0 Å². The Labute approximate surface area is 158 Å². The number of rotatable bonds is 7. The molecule has 0 spiro atoms. The van der Waals surface area contributed by atoms with E-state index < -0.39 is 11.6 Å². The first kappa shape index (κ1) is 19.1. The molecule has 146 valence electrons. The highest BCUT2D eigenvalue weighted by molar-refractivity contribution is 5.80. The summed E-state index contributed by atoms with van der Waals surface area (Å²) in [5, 5.41) is 6.68. The minimum absolute atomic E-state index is 0.168. The predicted octanol–water partition coefficient (Wildman–Crippen LogP) is 2.39. The standard InChI is InChI=1S/C19H26F2N6/c1-2-23-19(24-7-3-9-26-11-8-22-14-26)25-16-6-10-27(13-16)18-5-4-15(20)12-17(18)21/h4-5,8,11-12,14,16H,2-3,6-7,9-10,13H2,1H3,(H2,23,24,25). The second kappa shape index (κ2) is 9.34. The van der Waals surface area contributed by atoms with Crippen molar-refractivity contribution in [3.8, 4) is 0 Å². The van der Waals surface area contributed by atoms with Crippen LogP contribution in [0.3, 0.4) is 0 Å². The van der Waals surface area contributed by atoms with Crippen molar-refractivity contribution in [1.29, 1.82) is 0 Å². The smallest absolute Gasteiger partial charge is 0.191 e. The summed E-state index contributed by atoms with van der Waals surface area (Å²) in [4.78, 5) is 10.6. The van der Waals surface area contributed by atoms with Crippen LogP contribution in [-0.2, 0) is 6.54 Å². The van der Waals surface area contributed by atoms with Gasteiger partial charge in [-0.2, -0.15) is 0 Å². The Bertz CT molecular complexity index is 747. The van der Waals surface area contributed by atoms with Crippen LogP contribution in [0.1, 0.15) is 19.8 Å². The number of benzene rings is 1. The molecule has 2 heterocycles. The Hall–Kier alpha value is -2.64. The van der Waals surface area contributed by atoms with Crippen molar-refractivity contribution in [3.05, 3.63) is 48.6 Å². The second-order valence-corrected chi connectivity index (χ2v) is 6.59. The third-order valence-electron chi connectivity index (χ3n) is 4.53. The minimum atomic E-state index is -0.553. The third-order valence-corrected chi connectivity index (χ3v) is 4.53. The molecule has 3 rings (SSSR count). The molecule has 1 aromatic heterocycles. The van der Waals surface area contributed by atoms with E-state index in [4.69, 9.17) is 0 Å². The van der Waals surface area contributed by atoms with Crippen LogP contribution in [0.2, 0.25) is 0 Å². The maximum Gasteiger partial charge on any atom is 0.191 e. The lowest BCUT2D eigenvalue weighted by molar-refractivity contribution is 0.580. The number of guanidine groups is 1. The molecule has 1 aliphatic rings. The Kier molecular flexibility index (Phi) is 6.62. The summed E-state index contributed by atoms with van der Waals surface area (Å²) in [6.07, 6.45) is 7.30. The molecule has 0 saturated carbocycles. The average molecular weight is 376 g/mol. The van der Waals surface area contributed by atoms with Gasteiger partial charge in [0.2, 0.25) is 0 Å². The lowest BCUT2D eigenvalue weighted by atomic mass is 10.2. The van der Waals surface area contributed by atoms with Gasteiger partial charge in [0, 0.05) is 57.2 Å². The van der Waals surface area contributed by atoms with Crippen molar-refractivity contribution in [3.63, 3.8) is 0 Å². The molecule has 1 unspecified atom stereocenters. The monoisotopic (exact) mass is 376 g/mol. The van der Waals surface area contributed by atoms with Crippen LogP contribution in [0.15, 0.2) is 41.9 Å². The first-order valence-corrected chi connectivity index (χ1v) is 9.36. The van der Waals surface area contributed by atoms with Crippen molar-refractivity contribution in [2.45, 2.75) is 32.4 Å². The van der Waals surface area contributed by atoms with Gasteiger partial charge in [-0.25, -0.2) is 13.8 Å². The number of aryl methyl sites for hydroxylation is 1. The van der Waals surface area contributed by atoms with Gasteiger partial charge in [-0.1, -0.05) is 0 Å². The second-order valence-electron chi connectivity index (χ2n) is 6.59. The van der Waals surface area contributed by atoms with Crippen molar-refractivity contribution in [1.82, 2.24) is 20.2 Å². The van der Waals surface area contributed by atoms with E-state index in [1.807, 2.05) is 22.6 Å². The van der Waals surface area contributed by atoms with Crippen molar-refractivity contribution >= 4 is 11.6 Å². The van der Waals surface area contributed by atoms with Gasteiger partial charge in [-0.05, 0) is 31.9 Å². The van der Waals surface area contributed by atoms with Gasteiger partial charge in [-0.3, -0.25) is 4.99 Å². The largest absolute Gasteiger partial charge is 0.367 e. The lowest BCUT2D eigenvalue weighted by Gasteiger charge is -2.21. The zero-order valence-electron chi connectivity index (χ0n) is 15.5. The summed E-state index contributed by atoms with van der Waals surface area (Å²) in [6, 6.07) is 3.90. The highest BCUT2D eigenvalue weighted by Crippen LogP contribution is 2.24. The minimum Gasteiger partial charge on any atom is -0.367 e. The van der Waals surface area contributed by atoms with Crippen molar-refractivity contribution < 1.29 is 8.78 Å². The zero-order chi connectivity index (χ0) is 19.1. The van der Waals surface area contributed by atoms with Gasteiger partial charge in [-0.15, -0.1) is 0 Å². The fourth-order valence-electron chi connectivity index (χ4n) is 3.21. The highest BCUT2D eigenvalue weighted by Gasteiger charge is 2.25. The molecular weight excluding hydrogens is 350 g/mol. The number of nitrogens with one attached hydrogen (secondary N) is 2. The molecule has 27 heavy (non-hydrogen) atoms. The number of aliphatic imine (C=N–C) groups is 1. The van der Waals surface area contributed by atoms with Crippen LogP contribution in [0, 0.1) is 11.6 Å². The van der Waals surface area contributed by atoms with Crippen LogP contribution in [0.25, 0.3) is 0 Å². The van der Waals surface area contributed by atoms with Crippen molar-refractivity contribution in [2.75, 3.05) is 31.1 Å². The SMILES string of the molecule is CCNC(=NCCCn1ccnc1)NC1CCN(c2ccc(F)cc2F)C1. The molecule has 2 aromatic rings. The van der Waals surface area contributed by atoms with Gasteiger partial charge in [0.1, 0.15) is 11.6 Å². The van der Waals surface area contributed by atoms with Crippen LogP contribution in [0.5, 0.6) is 0 Å². The van der Waals surface area contributed by atoms with E-state index in [2.05, 4.69) is 20.6 Å². The molecule has 1 fully saturated rings. The summed E-state index contributed by atoms with van der Waals surface area (Å²) in [5.74, 6) is -0.298. The molecule has 0 bridgehead atoms. The van der Waals surface area contributed by atoms with Gasteiger partial charge in [0.25, 0.3) is 0 Å². The van der Waals surface area contributed by atoms with E-state index in [1.165, 1.54) is 12.1 Å². The fourth-order valence-corrected chi connectivity index (χ4v) is 3.21. The molecule has 1 saturated heterocycles. The number of hydrogen-bond acceptors (Lipinski definition) is 3. The van der Waals surface area contributed by atoms with Gasteiger partial charge in [0.05, 0.1) is 12.0 Å². The molecule has 2 N–H and O–H groups in total. The maximum atomic E-state index is 14.0. The van der Waals surface area contributed by atoms with Crippen LogP contribution < -0.4 is 15.5 Å². The molecule has 6 nitrogen and oxygen atoms in total. The molecule has 1 aromatic carbocycles. The third kappa shape index (κ3) is 5.42. The average Bonchev–Trinajstić information content (AvgIpc) is 3.31. The molecule has 0 aliphatic carbocycles. The van der Waals surface area contributed by atoms with E-state index in [-0.39, 0.29) is 6.04 Å². The molecule has 8 heteroatoms. The molecule has 1 atom stereocenters. The van der Waals surface area contributed by atoms with Crippen LogP contribution in [0.4, 0.5) is 14.5 Å². The van der Waals surface area contributed by atoms with E-state index in [0.717, 1.165) is 44.5 Å². The van der Waals surface area contributed by atoms with E-state index >= 15 is 0 Å². The summed E-state index contributed by atoms with van der Waals surface area (Å²) < 4.78 is 29.1. The van der Waals surface area contributed by atoms with E-state index in [1.54, 1.807) is 12.5 Å². The summed E-state index contributed by atoms with van der Waals surface area (Å²) in [5.41, 5.74) is 0.447. The summed E-state index contributed by atoms with van der Waals surface area (Å²) in [6.45, 7) is 5.76. The molecule has 1 aliphatic heterocycles. The first-order valence-electron chi connectivity index (χ1n) is 9.36. The topological polar surface area (TPSA) is 57.5 Å². The summed E-state index contributed by atoms with van der Waals surface area (Å²) >= 11 is 0. The zero-order valence-corrected chi connectivity index (χ0v) is 15.5. The van der Waals surface area contributed by atoms with E-state index in [9.17, 15) is 8.78 Å². The number of hydrogen-bond donors (Lipinski definition) is 2.